The molecule has 0 aromatic heterocycles. The Morgan fingerprint density at radius 2 is 1.73 bits per heavy atom. The summed E-state index contributed by atoms with van der Waals surface area (Å²) in [7, 11) is 0. The van der Waals surface area contributed by atoms with Gasteiger partial charge in [0.2, 0.25) is 0 Å². The van der Waals surface area contributed by atoms with E-state index in [9.17, 15) is 9.59 Å². The van der Waals surface area contributed by atoms with Crippen molar-refractivity contribution in [2.45, 2.75) is 20.3 Å². The highest BCUT2D eigenvalue weighted by atomic mass is 16.6. The third kappa shape index (κ3) is 4.56. The Balaban J connectivity index is 1.74. The van der Waals surface area contributed by atoms with Gasteiger partial charge >= 0.3 is 6.09 Å². The van der Waals surface area contributed by atoms with Crippen LogP contribution in [0, 0.1) is 0 Å². The van der Waals surface area contributed by atoms with Crippen molar-refractivity contribution in [2.24, 2.45) is 0 Å². The average molecular weight is 304 g/mol. The average Bonchev–Trinajstić information content (AvgIpc) is 2.54. The maximum atomic E-state index is 11.6. The van der Waals surface area contributed by atoms with Gasteiger partial charge in [0, 0.05) is 38.3 Å². The first-order valence-electron chi connectivity index (χ1n) is 7.84. The van der Waals surface area contributed by atoms with E-state index in [4.69, 9.17) is 4.74 Å². The molecule has 0 bridgehead atoms. The van der Waals surface area contributed by atoms with Crippen molar-refractivity contribution in [3.05, 3.63) is 35.4 Å². The molecule has 0 atom stereocenters. The van der Waals surface area contributed by atoms with E-state index in [1.54, 1.807) is 11.8 Å². The first-order valence-corrected chi connectivity index (χ1v) is 7.84. The number of ketones is 1. The summed E-state index contributed by atoms with van der Waals surface area (Å²) in [4.78, 5) is 27.0. The summed E-state index contributed by atoms with van der Waals surface area (Å²) in [5.74, 6) is 0.0987. The van der Waals surface area contributed by atoms with Crippen molar-refractivity contribution in [1.82, 2.24) is 9.80 Å². The van der Waals surface area contributed by atoms with Gasteiger partial charge in [-0.15, -0.1) is 0 Å². The molecule has 0 saturated carbocycles. The second kappa shape index (κ2) is 7.94. The lowest BCUT2D eigenvalue weighted by Gasteiger charge is -2.34. The highest BCUT2D eigenvalue weighted by Crippen LogP contribution is 2.09. The molecular weight excluding hydrogens is 280 g/mol. The van der Waals surface area contributed by atoms with E-state index in [1.165, 1.54) is 5.56 Å². The van der Waals surface area contributed by atoms with Crippen molar-refractivity contribution in [3.63, 3.8) is 0 Å². The van der Waals surface area contributed by atoms with Crippen LogP contribution in [0.4, 0.5) is 4.79 Å². The van der Waals surface area contributed by atoms with Crippen molar-refractivity contribution in [1.29, 1.82) is 0 Å². The molecule has 0 aliphatic carbocycles. The van der Waals surface area contributed by atoms with Crippen LogP contribution in [0.25, 0.3) is 0 Å². The van der Waals surface area contributed by atoms with Crippen LogP contribution in [0.3, 0.4) is 0 Å². The zero-order valence-electron chi connectivity index (χ0n) is 13.4. The molecule has 22 heavy (non-hydrogen) atoms. The predicted molar refractivity (Wildman–Crippen MR) is 85.2 cm³/mol. The smallest absolute Gasteiger partial charge is 0.409 e. The molecule has 0 N–H and O–H groups in total. The zero-order valence-corrected chi connectivity index (χ0v) is 13.4. The molecule has 1 aliphatic heterocycles. The number of piperazine rings is 1. The molecule has 0 unspecified atom stereocenters. The van der Waals surface area contributed by atoms with E-state index in [-0.39, 0.29) is 11.9 Å². The SMILES string of the molecule is CCOC(=O)N1CCN(CCc2ccc(C(C)=O)cc2)CC1. The molecule has 1 saturated heterocycles. The van der Waals surface area contributed by atoms with E-state index in [0.717, 1.165) is 44.7 Å². The van der Waals surface area contributed by atoms with Gasteiger partial charge in [-0.05, 0) is 25.8 Å². The fourth-order valence-corrected chi connectivity index (χ4v) is 2.56. The van der Waals surface area contributed by atoms with Crippen molar-refractivity contribution >= 4 is 11.9 Å². The van der Waals surface area contributed by atoms with E-state index in [2.05, 4.69) is 4.90 Å². The molecule has 5 nitrogen and oxygen atoms in total. The Labute approximate surface area is 131 Å². The lowest BCUT2D eigenvalue weighted by molar-refractivity contribution is 0.0799. The standard InChI is InChI=1S/C17H24N2O3/c1-3-22-17(21)19-12-10-18(11-13-19)9-8-15-4-6-16(7-5-15)14(2)20/h4-7H,3,8-13H2,1-2H3. The maximum absolute atomic E-state index is 11.6. The number of hydrogen-bond acceptors (Lipinski definition) is 4. The summed E-state index contributed by atoms with van der Waals surface area (Å²) >= 11 is 0. The molecular formula is C17H24N2O3. The zero-order chi connectivity index (χ0) is 15.9. The van der Waals surface area contributed by atoms with Gasteiger partial charge in [0.05, 0.1) is 6.61 Å². The number of carbonyl (C=O) groups is 2. The Morgan fingerprint density at radius 1 is 1.09 bits per heavy atom. The number of nitrogens with zero attached hydrogens (tertiary/aromatic N) is 2. The topological polar surface area (TPSA) is 49.9 Å². The first kappa shape index (κ1) is 16.5. The number of benzene rings is 1. The number of rotatable bonds is 5. The van der Waals surface area contributed by atoms with Gasteiger partial charge in [0.15, 0.2) is 5.78 Å². The van der Waals surface area contributed by atoms with Crippen molar-refractivity contribution in [3.8, 4) is 0 Å². The molecule has 5 heteroatoms. The van der Waals surface area contributed by atoms with Crippen molar-refractivity contribution in [2.75, 3.05) is 39.3 Å². The van der Waals surface area contributed by atoms with Crippen LogP contribution in [0.15, 0.2) is 24.3 Å². The van der Waals surface area contributed by atoms with Gasteiger partial charge in [-0.25, -0.2) is 4.79 Å². The van der Waals surface area contributed by atoms with Gasteiger partial charge in [0.25, 0.3) is 0 Å². The van der Waals surface area contributed by atoms with Crippen LogP contribution >= 0.6 is 0 Å². The van der Waals surface area contributed by atoms with Crippen molar-refractivity contribution < 1.29 is 14.3 Å². The van der Waals surface area contributed by atoms with Crippen LogP contribution in [0.1, 0.15) is 29.8 Å². The number of amides is 1. The van der Waals surface area contributed by atoms with Crippen LogP contribution in [-0.4, -0.2) is 61.0 Å². The summed E-state index contributed by atoms with van der Waals surface area (Å²) in [5.41, 5.74) is 1.99. The second-order valence-electron chi connectivity index (χ2n) is 5.53. The lowest BCUT2D eigenvalue weighted by Crippen LogP contribution is -2.49. The molecule has 1 fully saturated rings. The minimum absolute atomic E-state index is 0.0987. The molecule has 1 aliphatic rings. The largest absolute Gasteiger partial charge is 0.450 e. The monoisotopic (exact) mass is 304 g/mol. The molecule has 1 aromatic rings. The fourth-order valence-electron chi connectivity index (χ4n) is 2.56. The summed E-state index contributed by atoms with van der Waals surface area (Å²) in [5, 5.41) is 0. The third-order valence-corrected chi connectivity index (χ3v) is 3.98. The van der Waals surface area contributed by atoms with Gasteiger partial charge in [-0.2, -0.15) is 0 Å². The minimum Gasteiger partial charge on any atom is -0.450 e. The Bertz CT molecular complexity index is 505. The fraction of sp³-hybridized carbons (Fsp3) is 0.529. The maximum Gasteiger partial charge on any atom is 0.409 e. The molecule has 1 amide bonds. The second-order valence-corrected chi connectivity index (χ2v) is 5.53. The number of carbonyl (C=O) groups excluding carboxylic acids is 2. The Hall–Kier alpha value is -1.88. The van der Waals surface area contributed by atoms with E-state index < -0.39 is 0 Å². The van der Waals surface area contributed by atoms with Gasteiger partial charge in [0.1, 0.15) is 0 Å². The van der Waals surface area contributed by atoms with Gasteiger partial charge in [-0.3, -0.25) is 9.69 Å². The van der Waals surface area contributed by atoms with Crippen LogP contribution in [0.2, 0.25) is 0 Å². The quantitative estimate of drug-likeness (QED) is 0.783. The van der Waals surface area contributed by atoms with Crippen LogP contribution in [0.5, 0.6) is 0 Å². The summed E-state index contributed by atoms with van der Waals surface area (Å²) < 4.78 is 5.02. The predicted octanol–water partition coefficient (Wildman–Crippen LogP) is 2.21. The molecule has 2 rings (SSSR count). The summed E-state index contributed by atoms with van der Waals surface area (Å²) in [6.45, 7) is 8.01. The van der Waals surface area contributed by atoms with E-state index in [0.29, 0.717) is 6.61 Å². The van der Waals surface area contributed by atoms with Crippen LogP contribution in [-0.2, 0) is 11.2 Å². The number of ether oxygens (including phenoxy) is 1. The van der Waals surface area contributed by atoms with Crippen LogP contribution < -0.4 is 0 Å². The summed E-state index contributed by atoms with van der Waals surface area (Å²) in [6, 6.07) is 7.81. The minimum atomic E-state index is -0.207. The Morgan fingerprint density at radius 3 is 2.27 bits per heavy atom. The molecule has 1 aromatic carbocycles. The highest BCUT2D eigenvalue weighted by molar-refractivity contribution is 5.93. The van der Waals surface area contributed by atoms with E-state index >= 15 is 0 Å². The number of Topliss-reactive ketones (excluding diaryl/α,β-unsaturated/α-hetero) is 1. The number of hydrogen-bond donors (Lipinski definition) is 0. The molecule has 0 spiro atoms. The van der Waals surface area contributed by atoms with Gasteiger partial charge in [-0.1, -0.05) is 24.3 Å². The molecule has 120 valence electrons. The molecule has 1 heterocycles. The van der Waals surface area contributed by atoms with E-state index in [1.807, 2.05) is 31.2 Å². The highest BCUT2D eigenvalue weighted by Gasteiger charge is 2.21. The normalized spacial score (nSPS) is 15.6. The lowest BCUT2D eigenvalue weighted by atomic mass is 10.1. The molecule has 0 radical (unpaired) electrons. The Kier molecular flexibility index (Phi) is 5.95. The van der Waals surface area contributed by atoms with Gasteiger partial charge < -0.3 is 9.64 Å². The third-order valence-electron chi connectivity index (χ3n) is 3.98. The summed E-state index contributed by atoms with van der Waals surface area (Å²) in [6.07, 6.45) is 0.749. The first-order chi connectivity index (χ1) is 10.6.